The van der Waals surface area contributed by atoms with E-state index in [0.29, 0.717) is 38.3 Å². The van der Waals surface area contributed by atoms with Crippen molar-refractivity contribution in [2.45, 2.75) is 70.2 Å². The molecule has 0 saturated carbocycles. The molecule has 4 heterocycles. The van der Waals surface area contributed by atoms with Crippen LogP contribution in [0.4, 0.5) is 5.95 Å². The zero-order valence-electron chi connectivity index (χ0n) is 19.9. The fraction of sp³-hybridized carbons (Fsp3) is 0.826. The van der Waals surface area contributed by atoms with Gasteiger partial charge in [-0.05, 0) is 51.4 Å². The molecule has 0 aromatic carbocycles. The van der Waals surface area contributed by atoms with Crippen molar-refractivity contribution in [2.24, 2.45) is 11.8 Å². The molecule has 1 aromatic rings. The Morgan fingerprint density at radius 1 is 1.09 bits per heavy atom. The third-order valence-corrected chi connectivity index (χ3v) is 7.92. The zero-order valence-corrected chi connectivity index (χ0v) is 20.7. The number of anilines is 1. The summed E-state index contributed by atoms with van der Waals surface area (Å²) in [5.41, 5.74) is 0. The van der Waals surface area contributed by atoms with Crippen LogP contribution in [-0.2, 0) is 25.6 Å². The summed E-state index contributed by atoms with van der Waals surface area (Å²) in [5.74, 6) is 1.83. The molecule has 3 aliphatic heterocycles. The summed E-state index contributed by atoms with van der Waals surface area (Å²) in [6.45, 7) is 9.25. The van der Waals surface area contributed by atoms with E-state index in [4.69, 9.17) is 9.47 Å². The van der Waals surface area contributed by atoms with Gasteiger partial charge in [0.05, 0.1) is 30.9 Å². The van der Waals surface area contributed by atoms with E-state index in [-0.39, 0.29) is 23.9 Å². The first-order chi connectivity index (χ1) is 16.0. The van der Waals surface area contributed by atoms with Crippen LogP contribution >= 0.6 is 11.8 Å². The van der Waals surface area contributed by atoms with Crippen molar-refractivity contribution in [1.29, 1.82) is 0 Å². The van der Waals surface area contributed by atoms with Crippen molar-refractivity contribution in [3.05, 3.63) is 0 Å². The number of nitrogens with zero attached hydrogens (tertiary/aromatic N) is 5. The first kappa shape index (κ1) is 24.3. The van der Waals surface area contributed by atoms with Crippen molar-refractivity contribution in [2.75, 3.05) is 50.0 Å². The van der Waals surface area contributed by atoms with E-state index in [2.05, 4.69) is 26.6 Å². The van der Waals surface area contributed by atoms with Gasteiger partial charge in [-0.15, -0.1) is 10.2 Å². The van der Waals surface area contributed by atoms with Gasteiger partial charge in [0, 0.05) is 32.8 Å². The van der Waals surface area contributed by atoms with Gasteiger partial charge in [0.25, 0.3) is 0 Å². The van der Waals surface area contributed by atoms with Gasteiger partial charge < -0.3 is 19.3 Å². The average molecular weight is 480 g/mol. The Morgan fingerprint density at radius 3 is 2.52 bits per heavy atom. The molecule has 1 amide bonds. The van der Waals surface area contributed by atoms with Crippen LogP contribution in [0.5, 0.6) is 0 Å². The second kappa shape index (κ2) is 11.6. The van der Waals surface area contributed by atoms with Gasteiger partial charge in [-0.2, -0.15) is 0 Å². The van der Waals surface area contributed by atoms with Gasteiger partial charge >= 0.3 is 5.97 Å². The Balaban J connectivity index is 1.36. The monoisotopic (exact) mass is 479 g/mol. The Bertz CT molecular complexity index is 797. The quantitative estimate of drug-likeness (QED) is 0.415. The van der Waals surface area contributed by atoms with Crippen LogP contribution in [0.3, 0.4) is 0 Å². The molecule has 0 radical (unpaired) electrons. The second-order valence-corrected chi connectivity index (χ2v) is 10.3. The highest BCUT2D eigenvalue weighted by Gasteiger charge is 2.29. The third-order valence-electron chi connectivity index (χ3n) is 6.97. The van der Waals surface area contributed by atoms with Gasteiger partial charge in [-0.1, -0.05) is 18.7 Å². The lowest BCUT2D eigenvalue weighted by Crippen LogP contribution is -2.41. The molecule has 9 nitrogen and oxygen atoms in total. The molecule has 0 bridgehead atoms. The van der Waals surface area contributed by atoms with E-state index >= 15 is 0 Å². The van der Waals surface area contributed by atoms with Gasteiger partial charge in [-0.3, -0.25) is 14.2 Å². The third kappa shape index (κ3) is 6.20. The summed E-state index contributed by atoms with van der Waals surface area (Å²) < 4.78 is 13.2. The topological polar surface area (TPSA) is 89.8 Å². The van der Waals surface area contributed by atoms with Crippen LogP contribution in [0.25, 0.3) is 0 Å². The number of aromatic nitrogens is 3. The van der Waals surface area contributed by atoms with E-state index in [0.717, 1.165) is 68.9 Å². The van der Waals surface area contributed by atoms with E-state index in [1.165, 1.54) is 11.8 Å². The fourth-order valence-corrected chi connectivity index (χ4v) is 5.67. The molecule has 3 fully saturated rings. The van der Waals surface area contributed by atoms with E-state index in [1.807, 2.05) is 11.8 Å². The Labute approximate surface area is 200 Å². The van der Waals surface area contributed by atoms with E-state index in [1.54, 1.807) is 0 Å². The average Bonchev–Trinajstić information content (AvgIpc) is 3.49. The van der Waals surface area contributed by atoms with Crippen LogP contribution in [-0.4, -0.2) is 82.8 Å². The number of hydrogen-bond acceptors (Lipinski definition) is 8. The number of carbonyl (C=O) groups excluding carboxylic acids is 2. The minimum Gasteiger partial charge on any atom is -0.466 e. The number of carbonyl (C=O) groups is 2. The van der Waals surface area contributed by atoms with Gasteiger partial charge in [0.15, 0.2) is 5.16 Å². The number of ether oxygens (including phenoxy) is 2. The molecule has 0 N–H and O–H groups in total. The largest absolute Gasteiger partial charge is 0.466 e. The van der Waals surface area contributed by atoms with E-state index in [9.17, 15) is 9.59 Å². The molecule has 3 aliphatic rings. The standard InChI is InChI=1S/C23H37N5O4S/c1-3-31-21(30)18-8-12-26(13-9-18)20(29)16-33-23-25-24-22(27-10-6-17(2)7-11-27)28(23)15-19-5-4-14-32-19/h17-19H,3-16H2,1-2H3. The van der Waals surface area contributed by atoms with Crippen molar-refractivity contribution in [1.82, 2.24) is 19.7 Å². The maximum absolute atomic E-state index is 12.9. The summed E-state index contributed by atoms with van der Waals surface area (Å²) in [6, 6.07) is 0. The van der Waals surface area contributed by atoms with Crippen LogP contribution in [0.2, 0.25) is 0 Å². The fourth-order valence-electron chi connectivity index (χ4n) is 4.82. The number of thioether (sulfide) groups is 1. The number of piperidine rings is 2. The molecule has 0 aliphatic carbocycles. The lowest BCUT2D eigenvalue weighted by molar-refractivity contribution is -0.151. The lowest BCUT2D eigenvalue weighted by Gasteiger charge is -2.31. The summed E-state index contributed by atoms with van der Waals surface area (Å²) in [6.07, 6.45) is 5.98. The summed E-state index contributed by atoms with van der Waals surface area (Å²) >= 11 is 1.46. The molecule has 3 saturated heterocycles. The number of amides is 1. The van der Waals surface area contributed by atoms with Crippen molar-refractivity contribution in [3.63, 3.8) is 0 Å². The first-order valence-electron chi connectivity index (χ1n) is 12.4. The molecular formula is C23H37N5O4S. The highest BCUT2D eigenvalue weighted by molar-refractivity contribution is 7.99. The van der Waals surface area contributed by atoms with Crippen LogP contribution < -0.4 is 4.90 Å². The normalized spacial score (nSPS) is 22.7. The Hall–Kier alpha value is -1.81. The first-order valence-corrected chi connectivity index (χ1v) is 13.4. The Kier molecular flexibility index (Phi) is 8.51. The zero-order chi connectivity index (χ0) is 23.2. The summed E-state index contributed by atoms with van der Waals surface area (Å²) in [4.78, 5) is 29.0. The molecule has 1 atom stereocenters. The maximum atomic E-state index is 12.9. The molecule has 10 heteroatoms. The SMILES string of the molecule is CCOC(=O)C1CCN(C(=O)CSc2nnc(N3CCC(C)CC3)n2CC2CCCO2)CC1. The van der Waals surface area contributed by atoms with Gasteiger partial charge in [-0.25, -0.2) is 0 Å². The molecule has 33 heavy (non-hydrogen) atoms. The van der Waals surface area contributed by atoms with Crippen molar-refractivity contribution in [3.8, 4) is 0 Å². The van der Waals surface area contributed by atoms with Crippen LogP contribution in [0.15, 0.2) is 5.16 Å². The number of rotatable bonds is 8. The van der Waals surface area contributed by atoms with Gasteiger partial charge in [0.1, 0.15) is 0 Å². The Morgan fingerprint density at radius 2 is 1.85 bits per heavy atom. The minimum absolute atomic E-state index is 0.0855. The predicted molar refractivity (Wildman–Crippen MR) is 126 cm³/mol. The van der Waals surface area contributed by atoms with E-state index < -0.39 is 0 Å². The van der Waals surface area contributed by atoms with Crippen molar-refractivity contribution < 1.29 is 19.1 Å². The number of likely N-dealkylation sites (tertiary alicyclic amines) is 1. The van der Waals surface area contributed by atoms with Gasteiger partial charge in [0.2, 0.25) is 11.9 Å². The summed E-state index contributed by atoms with van der Waals surface area (Å²) in [7, 11) is 0. The molecular weight excluding hydrogens is 442 g/mol. The molecule has 1 unspecified atom stereocenters. The number of esters is 1. The lowest BCUT2D eigenvalue weighted by atomic mass is 9.97. The molecule has 184 valence electrons. The van der Waals surface area contributed by atoms with Crippen molar-refractivity contribution >= 4 is 29.6 Å². The van der Waals surface area contributed by atoms with Crippen LogP contribution in [0, 0.1) is 11.8 Å². The molecule has 0 spiro atoms. The van der Waals surface area contributed by atoms with Crippen LogP contribution in [0.1, 0.15) is 52.4 Å². The number of hydrogen-bond donors (Lipinski definition) is 0. The molecule has 4 rings (SSSR count). The summed E-state index contributed by atoms with van der Waals surface area (Å²) in [5, 5.41) is 9.79. The highest BCUT2D eigenvalue weighted by atomic mass is 32.2. The smallest absolute Gasteiger partial charge is 0.309 e. The maximum Gasteiger partial charge on any atom is 0.309 e. The molecule has 1 aromatic heterocycles. The predicted octanol–water partition coefficient (Wildman–Crippen LogP) is 2.59. The highest BCUT2D eigenvalue weighted by Crippen LogP contribution is 2.28. The second-order valence-electron chi connectivity index (χ2n) is 9.39. The minimum atomic E-state index is -0.138.